The summed E-state index contributed by atoms with van der Waals surface area (Å²) in [5.41, 5.74) is 0.0987. The first-order valence-electron chi connectivity index (χ1n) is 5.66. The number of benzene rings is 1. The minimum atomic E-state index is -1.10. The van der Waals surface area contributed by atoms with Crippen LogP contribution in [0.4, 0.5) is 17.6 Å². The zero-order chi connectivity index (χ0) is 15.3. The molecule has 0 fully saturated rings. The molecule has 0 N–H and O–H groups in total. The summed E-state index contributed by atoms with van der Waals surface area (Å²) in [5, 5.41) is 0. The maximum absolute atomic E-state index is 13.7. The molecule has 2 nitrogen and oxygen atoms in total. The molecule has 0 aliphatic rings. The third-order valence-electron chi connectivity index (χ3n) is 2.62. The van der Waals surface area contributed by atoms with Crippen LogP contribution >= 0.6 is 0 Å². The molecule has 0 spiro atoms. The Bertz CT molecular complexity index is 546. The van der Waals surface area contributed by atoms with E-state index in [0.717, 1.165) is 6.92 Å². The van der Waals surface area contributed by atoms with E-state index in [1.54, 1.807) is 0 Å². The predicted molar refractivity (Wildman–Crippen MR) is 68.4 cm³/mol. The van der Waals surface area contributed by atoms with Gasteiger partial charge in [0.25, 0.3) is 0 Å². The van der Waals surface area contributed by atoms with Gasteiger partial charge in [-0.1, -0.05) is 0 Å². The highest BCUT2D eigenvalue weighted by Crippen LogP contribution is 2.36. The summed E-state index contributed by atoms with van der Waals surface area (Å²) in [5.74, 6) is -3.03. The summed E-state index contributed by atoms with van der Waals surface area (Å²) < 4.78 is 61.7. The maximum atomic E-state index is 13.7. The Morgan fingerprint density at radius 2 is 1.70 bits per heavy atom. The Morgan fingerprint density at radius 3 is 2.15 bits per heavy atom. The summed E-state index contributed by atoms with van der Waals surface area (Å²) in [6.07, 6.45) is -0.553. The van der Waals surface area contributed by atoms with E-state index in [0.29, 0.717) is 0 Å². The zero-order valence-corrected chi connectivity index (χ0v) is 11.3. The molecule has 0 unspecified atom stereocenters. The van der Waals surface area contributed by atoms with Gasteiger partial charge in [-0.15, -0.1) is 0 Å². The van der Waals surface area contributed by atoms with Crippen LogP contribution in [0, 0.1) is 0 Å². The smallest absolute Gasteiger partial charge is 0.165 e. The molecule has 0 aliphatic heterocycles. The van der Waals surface area contributed by atoms with Gasteiger partial charge in [0.1, 0.15) is 29.5 Å². The monoisotopic (exact) mass is 290 g/mol. The second kappa shape index (κ2) is 6.98. The molecule has 6 heteroatoms. The van der Waals surface area contributed by atoms with Crippen molar-refractivity contribution < 1.29 is 27.0 Å². The van der Waals surface area contributed by atoms with Crippen LogP contribution in [0.3, 0.4) is 0 Å². The number of hydrogen-bond acceptors (Lipinski definition) is 2. The van der Waals surface area contributed by atoms with Crippen molar-refractivity contribution in [1.29, 1.82) is 0 Å². The lowest BCUT2D eigenvalue weighted by Gasteiger charge is -2.13. The maximum Gasteiger partial charge on any atom is 0.165 e. The fourth-order valence-corrected chi connectivity index (χ4v) is 1.68. The second-order valence-electron chi connectivity index (χ2n) is 3.94. The Morgan fingerprint density at radius 1 is 1.10 bits per heavy atom. The number of methoxy groups -OCH3 is 2. The Hall–Kier alpha value is -1.98. The molecule has 1 rings (SSSR count). The quantitative estimate of drug-likeness (QED) is 0.735. The molecule has 0 aromatic heterocycles. The van der Waals surface area contributed by atoms with E-state index in [1.165, 1.54) is 26.4 Å². The Balaban J connectivity index is 3.42. The van der Waals surface area contributed by atoms with E-state index in [9.17, 15) is 17.6 Å². The summed E-state index contributed by atoms with van der Waals surface area (Å²) in [7, 11) is 2.55. The molecular formula is C14H14F4O2. The van der Waals surface area contributed by atoms with Crippen molar-refractivity contribution in [3.63, 3.8) is 0 Å². The van der Waals surface area contributed by atoms with Crippen LogP contribution in [0.1, 0.15) is 18.1 Å². The van der Waals surface area contributed by atoms with Crippen molar-refractivity contribution in [3.8, 4) is 11.5 Å². The molecule has 110 valence electrons. The first kappa shape index (κ1) is 16.1. The number of rotatable bonds is 5. The normalized spacial score (nSPS) is 13.1. The molecule has 1 aromatic carbocycles. The van der Waals surface area contributed by atoms with E-state index < -0.39 is 17.5 Å². The molecule has 0 heterocycles. The Kier molecular flexibility index (Phi) is 5.61. The van der Waals surface area contributed by atoms with Gasteiger partial charge in [-0.05, 0) is 19.1 Å². The van der Waals surface area contributed by atoms with Crippen molar-refractivity contribution in [3.05, 3.63) is 41.2 Å². The van der Waals surface area contributed by atoms with Crippen LogP contribution in [-0.4, -0.2) is 14.2 Å². The van der Waals surface area contributed by atoms with Gasteiger partial charge >= 0.3 is 0 Å². The first-order valence-corrected chi connectivity index (χ1v) is 5.66. The second-order valence-corrected chi connectivity index (χ2v) is 3.94. The van der Waals surface area contributed by atoms with Crippen LogP contribution in [-0.2, 0) is 6.42 Å². The highest BCUT2D eigenvalue weighted by atomic mass is 19.2. The molecule has 0 radical (unpaired) electrons. The van der Waals surface area contributed by atoms with Crippen molar-refractivity contribution in [2.45, 2.75) is 13.3 Å². The molecular weight excluding hydrogens is 276 g/mol. The van der Waals surface area contributed by atoms with Crippen LogP contribution in [0.15, 0.2) is 30.1 Å². The van der Waals surface area contributed by atoms with Crippen LogP contribution in [0.2, 0.25) is 0 Å². The van der Waals surface area contributed by atoms with E-state index in [1.807, 2.05) is 0 Å². The zero-order valence-electron chi connectivity index (χ0n) is 11.3. The average molecular weight is 290 g/mol. The molecule has 20 heavy (non-hydrogen) atoms. The van der Waals surface area contributed by atoms with Crippen LogP contribution in [0.5, 0.6) is 11.5 Å². The number of hydrogen-bond donors (Lipinski definition) is 0. The lowest BCUT2D eigenvalue weighted by Crippen LogP contribution is -1.98. The standard InChI is InChI=1S/C14H14F4O2/c1-8(16)14(18)11-6-12(19-2)9(4-10(17)7-15)5-13(11)20-3/h5-7H,4H2,1-3H3/b10-7-,14-8+. The average Bonchev–Trinajstić information content (AvgIpc) is 2.45. The number of halogens is 4. The van der Waals surface area contributed by atoms with Crippen LogP contribution < -0.4 is 9.47 Å². The summed E-state index contributed by atoms with van der Waals surface area (Å²) in [6.45, 7) is 0.959. The predicted octanol–water partition coefficient (Wildman–Crippen LogP) is 4.65. The van der Waals surface area contributed by atoms with Crippen molar-refractivity contribution in [2.75, 3.05) is 14.2 Å². The summed E-state index contributed by atoms with van der Waals surface area (Å²) >= 11 is 0. The first-order chi connectivity index (χ1) is 9.44. The van der Waals surface area contributed by atoms with Gasteiger partial charge < -0.3 is 9.47 Å². The highest BCUT2D eigenvalue weighted by molar-refractivity contribution is 5.69. The Labute approximate surface area is 114 Å². The summed E-state index contributed by atoms with van der Waals surface area (Å²) in [6, 6.07) is 2.46. The number of ether oxygens (including phenoxy) is 2. The van der Waals surface area contributed by atoms with E-state index in [4.69, 9.17) is 9.47 Å². The van der Waals surface area contributed by atoms with E-state index in [2.05, 4.69) is 0 Å². The fraction of sp³-hybridized carbons (Fsp3) is 0.286. The van der Waals surface area contributed by atoms with Gasteiger partial charge in [-0.2, -0.15) is 0 Å². The lowest BCUT2D eigenvalue weighted by molar-refractivity contribution is 0.395. The van der Waals surface area contributed by atoms with Crippen molar-refractivity contribution >= 4 is 5.83 Å². The molecule has 0 atom stereocenters. The minimum Gasteiger partial charge on any atom is -0.496 e. The number of allylic oxidation sites excluding steroid dienone is 2. The van der Waals surface area contributed by atoms with Crippen molar-refractivity contribution in [1.82, 2.24) is 0 Å². The van der Waals surface area contributed by atoms with Gasteiger partial charge in [0.2, 0.25) is 0 Å². The van der Waals surface area contributed by atoms with Gasteiger partial charge in [0, 0.05) is 12.0 Å². The van der Waals surface area contributed by atoms with Gasteiger partial charge in [0.15, 0.2) is 5.83 Å². The summed E-state index contributed by atoms with van der Waals surface area (Å²) in [4.78, 5) is 0. The molecule has 0 amide bonds. The molecule has 0 saturated carbocycles. The largest absolute Gasteiger partial charge is 0.496 e. The highest BCUT2D eigenvalue weighted by Gasteiger charge is 2.17. The third kappa shape index (κ3) is 3.53. The third-order valence-corrected chi connectivity index (χ3v) is 2.62. The fourth-order valence-electron chi connectivity index (χ4n) is 1.68. The van der Waals surface area contributed by atoms with Gasteiger partial charge in [-0.25, -0.2) is 17.6 Å². The van der Waals surface area contributed by atoms with Crippen LogP contribution in [0.25, 0.3) is 5.83 Å². The lowest BCUT2D eigenvalue weighted by atomic mass is 10.0. The molecule has 1 aromatic rings. The van der Waals surface area contributed by atoms with E-state index in [-0.39, 0.29) is 35.4 Å². The SMILES string of the molecule is COc1cc(/C(F)=C(/C)F)c(OC)cc1C/C(F)=C/F. The van der Waals surface area contributed by atoms with Crippen molar-refractivity contribution in [2.24, 2.45) is 0 Å². The minimum absolute atomic E-state index is 0.00181. The van der Waals surface area contributed by atoms with Gasteiger partial charge in [-0.3, -0.25) is 0 Å². The molecule has 0 saturated heterocycles. The molecule has 0 bridgehead atoms. The molecule has 0 aliphatic carbocycles. The van der Waals surface area contributed by atoms with Gasteiger partial charge in [0.05, 0.1) is 19.8 Å². The van der Waals surface area contributed by atoms with E-state index >= 15 is 0 Å². The topological polar surface area (TPSA) is 18.5 Å².